The van der Waals surface area contributed by atoms with Gasteiger partial charge in [0.25, 0.3) is 0 Å². The van der Waals surface area contributed by atoms with E-state index in [9.17, 15) is 4.20 Å². The van der Waals surface area contributed by atoms with Crippen molar-refractivity contribution in [1.29, 1.82) is 0 Å². The summed E-state index contributed by atoms with van der Waals surface area (Å²) in [6.45, 7) is 4.23. The highest BCUT2D eigenvalue weighted by Gasteiger charge is 2.55. The van der Waals surface area contributed by atoms with Crippen LogP contribution < -0.4 is 0 Å². The molecule has 0 aromatic rings. The Labute approximate surface area is 82.9 Å². The number of rotatable bonds is 2. The highest BCUT2D eigenvalue weighted by molar-refractivity contribution is 14.1. The first-order valence-electron chi connectivity index (χ1n) is 4.28. The summed E-state index contributed by atoms with van der Waals surface area (Å²) in [5.74, 6) is 0. The van der Waals surface area contributed by atoms with Crippen LogP contribution in [0.1, 0.15) is 33.1 Å². The molecule has 0 radical (unpaired) electrons. The normalized spacial score (nSPS) is 44.7. The van der Waals surface area contributed by atoms with Gasteiger partial charge >= 0.3 is 0 Å². The fourth-order valence-corrected chi connectivity index (χ4v) is 8.55. The van der Waals surface area contributed by atoms with Gasteiger partial charge < -0.3 is 0 Å². The Morgan fingerprint density at radius 3 is 2.55 bits per heavy atom. The zero-order valence-corrected chi connectivity index (χ0v) is 10.2. The number of hydrogen-bond acceptors (Lipinski definition) is 0. The lowest BCUT2D eigenvalue weighted by Gasteiger charge is -2.18. The third-order valence-corrected chi connectivity index (χ3v) is 9.98. The molecular weight excluding hydrogens is 273 g/mol. The molecule has 1 fully saturated rings. The van der Waals surface area contributed by atoms with Crippen molar-refractivity contribution in [3.8, 4) is 0 Å². The van der Waals surface area contributed by atoms with Crippen LogP contribution in [0.3, 0.4) is 0 Å². The van der Waals surface area contributed by atoms with E-state index >= 15 is 0 Å². The van der Waals surface area contributed by atoms with Crippen molar-refractivity contribution in [2.24, 2.45) is 0 Å². The molecule has 0 amide bonds. The monoisotopic (exact) mass is 289 g/mol. The second-order valence-corrected chi connectivity index (χ2v) is 8.99. The molecular formula is C8H16FIP+. The molecule has 1 aliphatic rings. The van der Waals surface area contributed by atoms with Crippen molar-refractivity contribution in [2.75, 3.05) is 4.17 Å². The molecule has 0 aromatic heterocycles. The largest absolute Gasteiger partial charge is 0.217 e. The number of alkyl halides is 1. The lowest BCUT2D eigenvalue weighted by atomic mass is 10.2. The van der Waals surface area contributed by atoms with E-state index < -0.39 is 7.57 Å². The van der Waals surface area contributed by atoms with Crippen molar-refractivity contribution >= 4 is 30.2 Å². The van der Waals surface area contributed by atoms with Gasteiger partial charge in [0.1, 0.15) is 15.5 Å². The van der Waals surface area contributed by atoms with E-state index in [4.69, 9.17) is 0 Å². The van der Waals surface area contributed by atoms with Crippen LogP contribution in [0.2, 0.25) is 0 Å². The van der Waals surface area contributed by atoms with Gasteiger partial charge in [0.2, 0.25) is 7.57 Å². The molecule has 0 aromatic carbocycles. The molecule has 1 heterocycles. The third kappa shape index (κ3) is 1.72. The summed E-state index contributed by atoms with van der Waals surface area (Å²) in [5, 5.41) is 0. The predicted octanol–water partition coefficient (Wildman–Crippen LogP) is 4.24. The summed E-state index contributed by atoms with van der Waals surface area (Å²) in [7, 11) is -2.02. The number of hydrogen-bond donors (Lipinski definition) is 0. The minimum atomic E-state index is -2.02. The maximum Gasteiger partial charge on any atom is 0.217 e. The molecule has 0 bridgehead atoms. The van der Waals surface area contributed by atoms with Gasteiger partial charge in [-0.1, -0.05) is 11.1 Å². The van der Waals surface area contributed by atoms with E-state index in [0.717, 1.165) is 23.4 Å². The standard InChI is InChI=1S/C8H16FIP/c1-3-8-5-4-7(2)11(8,9)6-10/h7-8H,3-6H2,1-2H3/q+1. The highest BCUT2D eigenvalue weighted by atomic mass is 127. The molecule has 3 unspecified atom stereocenters. The summed E-state index contributed by atoms with van der Waals surface area (Å²) in [5.41, 5.74) is 0.832. The Morgan fingerprint density at radius 1 is 1.55 bits per heavy atom. The molecule has 3 heteroatoms. The Kier molecular flexibility index (Phi) is 3.57. The first-order chi connectivity index (χ1) is 5.15. The van der Waals surface area contributed by atoms with Crippen molar-refractivity contribution in [2.45, 2.75) is 44.4 Å². The van der Waals surface area contributed by atoms with E-state index in [1.54, 1.807) is 0 Å². The summed E-state index contributed by atoms with van der Waals surface area (Å²) in [4.78, 5) is 0. The molecule has 66 valence electrons. The first kappa shape index (κ1) is 10.2. The smallest absolute Gasteiger partial charge is 0.0639 e. The zero-order valence-electron chi connectivity index (χ0n) is 7.19. The summed E-state index contributed by atoms with van der Waals surface area (Å²) in [6, 6.07) is 0. The lowest BCUT2D eigenvalue weighted by molar-refractivity contribution is 0.719. The number of halogens is 2. The average Bonchev–Trinajstić information content (AvgIpc) is 2.30. The van der Waals surface area contributed by atoms with Gasteiger partial charge in [0.05, 0.1) is 0 Å². The highest BCUT2D eigenvalue weighted by Crippen LogP contribution is 2.75. The Hall–Kier alpha value is 1.09. The topological polar surface area (TPSA) is 0 Å². The molecule has 0 nitrogen and oxygen atoms in total. The minimum Gasteiger partial charge on any atom is -0.0639 e. The Morgan fingerprint density at radius 2 is 2.18 bits per heavy atom. The van der Waals surface area contributed by atoms with Gasteiger partial charge in [0.15, 0.2) is 0 Å². The van der Waals surface area contributed by atoms with Crippen LogP contribution >= 0.6 is 30.2 Å². The molecule has 0 N–H and O–H groups in total. The van der Waals surface area contributed by atoms with Gasteiger partial charge in [0, 0.05) is 0 Å². The average molecular weight is 289 g/mol. The van der Waals surface area contributed by atoms with Crippen molar-refractivity contribution in [1.82, 2.24) is 0 Å². The van der Waals surface area contributed by atoms with Crippen LogP contribution in [-0.2, 0) is 0 Å². The Balaban J connectivity index is 2.70. The SMILES string of the molecule is CCC1CCC(C)[P+]1(F)CI. The molecule has 3 atom stereocenters. The molecule has 0 aliphatic carbocycles. The van der Waals surface area contributed by atoms with E-state index in [0.29, 0.717) is 11.3 Å². The molecule has 1 aliphatic heterocycles. The van der Waals surface area contributed by atoms with Crippen molar-refractivity contribution in [3.63, 3.8) is 0 Å². The van der Waals surface area contributed by atoms with Crippen LogP contribution in [0.5, 0.6) is 0 Å². The van der Waals surface area contributed by atoms with Crippen LogP contribution in [0.4, 0.5) is 4.20 Å². The van der Waals surface area contributed by atoms with E-state index in [1.165, 1.54) is 0 Å². The minimum absolute atomic E-state index is 0.393. The molecule has 0 spiro atoms. The van der Waals surface area contributed by atoms with Crippen molar-refractivity contribution < 1.29 is 4.20 Å². The quantitative estimate of drug-likeness (QED) is 0.405. The third-order valence-electron chi connectivity index (χ3n) is 2.91. The van der Waals surface area contributed by atoms with Crippen LogP contribution in [0.15, 0.2) is 0 Å². The van der Waals surface area contributed by atoms with Crippen LogP contribution in [0, 0.1) is 0 Å². The van der Waals surface area contributed by atoms with Crippen LogP contribution in [-0.4, -0.2) is 15.5 Å². The summed E-state index contributed by atoms with van der Waals surface area (Å²) < 4.78 is 15.0. The van der Waals surface area contributed by atoms with E-state index in [2.05, 4.69) is 36.4 Å². The summed E-state index contributed by atoms with van der Waals surface area (Å²) in [6.07, 6.45) is 3.33. The fraction of sp³-hybridized carbons (Fsp3) is 1.00. The van der Waals surface area contributed by atoms with Gasteiger partial charge in [-0.3, -0.25) is 0 Å². The van der Waals surface area contributed by atoms with E-state index in [1.807, 2.05) is 0 Å². The predicted molar refractivity (Wildman–Crippen MR) is 59.7 cm³/mol. The van der Waals surface area contributed by atoms with Gasteiger partial charge in [-0.25, -0.2) is 0 Å². The molecule has 1 rings (SSSR count). The van der Waals surface area contributed by atoms with Crippen molar-refractivity contribution in [3.05, 3.63) is 0 Å². The second kappa shape index (κ2) is 3.87. The second-order valence-electron chi connectivity index (χ2n) is 3.44. The van der Waals surface area contributed by atoms with Gasteiger partial charge in [-0.05, 0) is 48.8 Å². The first-order valence-corrected chi connectivity index (χ1v) is 7.81. The maximum absolute atomic E-state index is 14.2. The van der Waals surface area contributed by atoms with E-state index in [-0.39, 0.29) is 0 Å². The van der Waals surface area contributed by atoms with Gasteiger partial charge in [-0.2, -0.15) is 0 Å². The summed E-state index contributed by atoms with van der Waals surface area (Å²) >= 11 is 2.23. The van der Waals surface area contributed by atoms with Crippen LogP contribution in [0.25, 0.3) is 0 Å². The maximum atomic E-state index is 14.2. The zero-order chi connectivity index (χ0) is 8.48. The lowest BCUT2D eigenvalue weighted by Crippen LogP contribution is -2.08. The Bertz CT molecular complexity index is 142. The molecule has 1 saturated heterocycles. The molecule has 11 heavy (non-hydrogen) atoms. The fourth-order valence-electron chi connectivity index (χ4n) is 1.95. The van der Waals surface area contributed by atoms with Gasteiger partial charge in [-0.15, -0.1) is 0 Å². The molecule has 0 saturated carbocycles.